The van der Waals surface area contributed by atoms with E-state index in [2.05, 4.69) is 30.4 Å². The van der Waals surface area contributed by atoms with E-state index in [0.29, 0.717) is 0 Å². The molecule has 0 aromatic heterocycles. The first kappa shape index (κ1) is 6.78. The molecule has 8 heavy (non-hydrogen) atoms. The Labute approximate surface area is 59.2 Å². The maximum atomic E-state index is 2.25. The average Bonchev–Trinajstić information content (AvgIpc) is 1.90. The van der Waals surface area contributed by atoms with Crippen molar-refractivity contribution in [2.75, 3.05) is 23.4 Å². The molecule has 1 N–H and O–H groups in total. The van der Waals surface area contributed by atoms with Gasteiger partial charge in [0.25, 0.3) is 0 Å². The Morgan fingerprint density at radius 3 is 2.38 bits per heavy atom. The minimum atomic E-state index is 1.29. The van der Waals surface area contributed by atoms with Gasteiger partial charge in [-0.15, -0.1) is 0 Å². The Bertz CT molecular complexity index is 61.4. The zero-order chi connectivity index (χ0) is 5.82. The summed E-state index contributed by atoms with van der Waals surface area (Å²) >= 11 is 4.11. The molecule has 0 saturated carbocycles. The largest absolute Gasteiger partial charge is 0.318 e. The molecule has 48 valence electrons. The maximum Gasteiger partial charge on any atom is 0.125 e. The van der Waals surface area contributed by atoms with Gasteiger partial charge in [-0.05, 0) is 6.92 Å². The Kier molecular flexibility index (Phi) is 3.08. The van der Waals surface area contributed by atoms with Crippen molar-refractivity contribution in [2.24, 2.45) is 0 Å². The topological polar surface area (TPSA) is 4.44 Å². The van der Waals surface area contributed by atoms with Crippen molar-refractivity contribution in [3.8, 4) is 0 Å². The Balaban J connectivity index is 2.13. The molecule has 0 aromatic carbocycles. The van der Waals surface area contributed by atoms with E-state index in [1.807, 2.05) is 0 Å². The predicted molar refractivity (Wildman–Crippen MR) is 41.3 cm³/mol. The molecule has 1 saturated heterocycles. The van der Waals surface area contributed by atoms with Crippen molar-refractivity contribution in [3.05, 3.63) is 0 Å². The molecule has 0 atom stereocenters. The van der Waals surface area contributed by atoms with Gasteiger partial charge in [-0.2, -0.15) is 0 Å². The van der Waals surface area contributed by atoms with Crippen LogP contribution in [-0.4, -0.2) is 23.4 Å². The molecule has 1 fully saturated rings. The van der Waals surface area contributed by atoms with Crippen molar-refractivity contribution in [1.82, 2.24) is 0 Å². The first-order chi connectivity index (χ1) is 3.93. The third-order valence-corrected chi connectivity index (χ3v) is 3.84. The summed E-state index contributed by atoms with van der Waals surface area (Å²) in [5.41, 5.74) is 0. The van der Waals surface area contributed by atoms with Gasteiger partial charge < -0.3 is 4.90 Å². The van der Waals surface area contributed by atoms with E-state index in [-0.39, 0.29) is 0 Å². The quantitative estimate of drug-likeness (QED) is 0.571. The second kappa shape index (κ2) is 3.64. The van der Waals surface area contributed by atoms with Gasteiger partial charge in [0.05, 0.1) is 6.54 Å². The zero-order valence-corrected chi connectivity index (χ0v) is 6.78. The van der Waals surface area contributed by atoms with Crippen LogP contribution in [0.3, 0.4) is 0 Å². The van der Waals surface area contributed by atoms with Crippen LogP contribution in [0.4, 0.5) is 0 Å². The monoisotopic (exact) mass is 150 g/mol. The molecule has 0 aromatic rings. The Hall–Kier alpha value is 0.660. The van der Waals surface area contributed by atoms with Crippen LogP contribution in [0.25, 0.3) is 0 Å². The fourth-order valence-corrected chi connectivity index (χ4v) is 3.13. The van der Waals surface area contributed by atoms with E-state index in [1.165, 1.54) is 23.4 Å². The third kappa shape index (κ3) is 1.88. The number of thioether (sulfide) groups is 2. The highest BCUT2D eigenvalue weighted by molar-refractivity contribution is 8.16. The van der Waals surface area contributed by atoms with Gasteiger partial charge in [0, 0.05) is 5.08 Å². The molecule has 0 spiro atoms. The minimum Gasteiger partial charge on any atom is -0.318 e. The molecular formula is C5H12NS2+. The van der Waals surface area contributed by atoms with Crippen LogP contribution in [-0.2, 0) is 0 Å². The Morgan fingerprint density at radius 1 is 1.38 bits per heavy atom. The summed E-state index contributed by atoms with van der Waals surface area (Å²) in [4.78, 5) is 1.73. The maximum absolute atomic E-state index is 2.25. The molecule has 0 radical (unpaired) electrons. The van der Waals surface area contributed by atoms with Gasteiger partial charge in [0.15, 0.2) is 0 Å². The van der Waals surface area contributed by atoms with Crippen LogP contribution < -0.4 is 4.90 Å². The number of hydrogen-bond donors (Lipinski definition) is 1. The van der Waals surface area contributed by atoms with Crippen molar-refractivity contribution < 1.29 is 4.90 Å². The molecule has 0 amide bonds. The summed E-state index contributed by atoms with van der Waals surface area (Å²) < 4.78 is 0. The van der Waals surface area contributed by atoms with Crippen LogP contribution in [0.1, 0.15) is 6.92 Å². The summed E-state index contributed by atoms with van der Waals surface area (Å²) in [6.07, 6.45) is 0. The number of rotatable bonds is 1. The molecule has 0 aliphatic carbocycles. The molecule has 0 unspecified atom stereocenters. The van der Waals surface area contributed by atoms with E-state index in [0.717, 1.165) is 0 Å². The SMILES string of the molecule is CC[NH+]1CSCSC1. The van der Waals surface area contributed by atoms with Crippen molar-refractivity contribution >= 4 is 23.5 Å². The highest BCUT2D eigenvalue weighted by atomic mass is 32.2. The highest BCUT2D eigenvalue weighted by Crippen LogP contribution is 2.10. The number of nitrogens with one attached hydrogen (secondary N) is 1. The summed E-state index contributed by atoms with van der Waals surface area (Å²) in [6, 6.07) is 0. The lowest BCUT2D eigenvalue weighted by atomic mass is 10.7. The lowest BCUT2D eigenvalue weighted by Crippen LogP contribution is -3.11. The van der Waals surface area contributed by atoms with E-state index < -0.39 is 0 Å². The van der Waals surface area contributed by atoms with Crippen LogP contribution in [0.15, 0.2) is 0 Å². The fraction of sp³-hybridized carbons (Fsp3) is 1.00. The van der Waals surface area contributed by atoms with Crippen molar-refractivity contribution in [3.63, 3.8) is 0 Å². The van der Waals surface area contributed by atoms with Crippen LogP contribution in [0.5, 0.6) is 0 Å². The third-order valence-electron chi connectivity index (χ3n) is 1.28. The fourth-order valence-electron chi connectivity index (χ4n) is 0.677. The second-order valence-electron chi connectivity index (χ2n) is 1.92. The van der Waals surface area contributed by atoms with E-state index >= 15 is 0 Å². The summed E-state index contributed by atoms with van der Waals surface area (Å²) in [5, 5.41) is 1.31. The van der Waals surface area contributed by atoms with Gasteiger partial charge in [-0.25, -0.2) is 0 Å². The van der Waals surface area contributed by atoms with Crippen molar-refractivity contribution in [1.29, 1.82) is 0 Å². The predicted octanol–water partition coefficient (Wildman–Crippen LogP) is 0.244. The normalized spacial score (nSPS) is 23.6. The first-order valence-electron chi connectivity index (χ1n) is 2.92. The first-order valence-corrected chi connectivity index (χ1v) is 5.23. The number of hydrogen-bond acceptors (Lipinski definition) is 2. The lowest BCUT2D eigenvalue weighted by molar-refractivity contribution is -0.872. The molecule has 1 rings (SSSR count). The summed E-state index contributed by atoms with van der Waals surface area (Å²) in [5.74, 6) is 2.65. The zero-order valence-electron chi connectivity index (χ0n) is 5.14. The van der Waals surface area contributed by atoms with Crippen LogP contribution in [0.2, 0.25) is 0 Å². The van der Waals surface area contributed by atoms with E-state index in [4.69, 9.17) is 0 Å². The van der Waals surface area contributed by atoms with Crippen LogP contribution in [0, 0.1) is 0 Å². The molecule has 1 nitrogen and oxygen atoms in total. The number of quaternary nitrogens is 1. The van der Waals surface area contributed by atoms with E-state index in [1.54, 1.807) is 4.90 Å². The van der Waals surface area contributed by atoms with E-state index in [9.17, 15) is 0 Å². The second-order valence-corrected chi connectivity index (χ2v) is 4.25. The summed E-state index contributed by atoms with van der Waals surface area (Å²) in [7, 11) is 0. The molecule has 1 aliphatic heterocycles. The lowest BCUT2D eigenvalue weighted by Gasteiger charge is -2.20. The van der Waals surface area contributed by atoms with Gasteiger partial charge in [0.2, 0.25) is 0 Å². The minimum absolute atomic E-state index is 1.29. The molecule has 1 aliphatic rings. The van der Waals surface area contributed by atoms with Gasteiger partial charge in [0.1, 0.15) is 11.8 Å². The standard InChI is InChI=1S/C5H11NS2/c1-2-6-3-7-5-8-4-6/h2-5H2,1H3/p+1. The smallest absolute Gasteiger partial charge is 0.125 e. The molecule has 0 bridgehead atoms. The average molecular weight is 150 g/mol. The van der Waals surface area contributed by atoms with Gasteiger partial charge in [-0.3, -0.25) is 0 Å². The van der Waals surface area contributed by atoms with Gasteiger partial charge in [-0.1, -0.05) is 23.5 Å². The molecular weight excluding hydrogens is 138 g/mol. The van der Waals surface area contributed by atoms with Crippen LogP contribution >= 0.6 is 23.5 Å². The molecule has 3 heteroatoms. The summed E-state index contributed by atoms with van der Waals surface area (Å²) in [6.45, 7) is 3.54. The highest BCUT2D eigenvalue weighted by Gasteiger charge is 2.10. The Morgan fingerprint density at radius 2 is 2.00 bits per heavy atom. The molecule has 1 heterocycles. The van der Waals surface area contributed by atoms with Gasteiger partial charge >= 0.3 is 0 Å². The van der Waals surface area contributed by atoms with Crippen molar-refractivity contribution in [2.45, 2.75) is 6.92 Å².